The minimum atomic E-state index is 0.713. The second kappa shape index (κ2) is 13.9. The van der Waals surface area contributed by atoms with Crippen LogP contribution in [0.25, 0.3) is 22.5 Å². The number of hydrogen-bond donors (Lipinski definition) is 0. The second-order valence-electron chi connectivity index (χ2n) is 9.78. The van der Waals surface area contributed by atoms with Crippen LogP contribution in [0.2, 0.25) is 0 Å². The number of benzene rings is 2. The molecule has 1 fully saturated rings. The molecule has 0 unspecified atom stereocenters. The van der Waals surface area contributed by atoms with Crippen molar-refractivity contribution in [2.45, 2.75) is 77.6 Å². The Hall–Kier alpha value is -2.88. The zero-order chi connectivity index (χ0) is 24.1. The molecule has 4 heteroatoms. The van der Waals surface area contributed by atoms with Crippen molar-refractivity contribution in [2.24, 2.45) is 5.92 Å². The van der Waals surface area contributed by atoms with Crippen molar-refractivity contribution in [2.75, 3.05) is 13.2 Å². The Morgan fingerprint density at radius 1 is 0.657 bits per heavy atom. The Morgan fingerprint density at radius 3 is 1.94 bits per heavy atom. The first-order valence-corrected chi connectivity index (χ1v) is 13.6. The van der Waals surface area contributed by atoms with Gasteiger partial charge in [0.1, 0.15) is 11.5 Å². The van der Waals surface area contributed by atoms with E-state index < -0.39 is 0 Å². The van der Waals surface area contributed by atoms with Gasteiger partial charge in [-0.05, 0) is 67.1 Å². The van der Waals surface area contributed by atoms with Gasteiger partial charge in [-0.2, -0.15) is 0 Å². The van der Waals surface area contributed by atoms with E-state index in [1.54, 1.807) is 0 Å². The maximum Gasteiger partial charge on any atom is 0.159 e. The predicted molar refractivity (Wildman–Crippen MR) is 144 cm³/mol. The standard InChI is InChI=1S/C31H40N2O2/c1-2-3-4-5-6-10-21-34-29-19-15-27(16-20-29)31-32-22-28(23-33-31)26-13-17-30(18-14-26)35-24-25-11-8-7-9-12-25/h13-20,22-23,25H,2-12,21,24H2,1H3. The summed E-state index contributed by atoms with van der Waals surface area (Å²) in [6.07, 6.45) is 18.1. The molecular weight excluding hydrogens is 432 g/mol. The number of ether oxygens (including phenoxy) is 2. The first kappa shape index (κ1) is 25.2. The first-order chi connectivity index (χ1) is 17.3. The minimum Gasteiger partial charge on any atom is -0.494 e. The SMILES string of the molecule is CCCCCCCCOc1ccc(-c2ncc(-c3ccc(OCC4CCCCC4)cc3)cn2)cc1. The van der Waals surface area contributed by atoms with E-state index in [-0.39, 0.29) is 0 Å². The van der Waals surface area contributed by atoms with Gasteiger partial charge in [-0.3, -0.25) is 0 Å². The summed E-state index contributed by atoms with van der Waals surface area (Å²) < 4.78 is 11.9. The second-order valence-corrected chi connectivity index (χ2v) is 9.78. The normalized spacial score (nSPS) is 14.1. The number of hydrogen-bond acceptors (Lipinski definition) is 4. The number of nitrogens with zero attached hydrogens (tertiary/aromatic N) is 2. The lowest BCUT2D eigenvalue weighted by atomic mass is 9.90. The van der Waals surface area contributed by atoms with E-state index in [1.165, 1.54) is 64.2 Å². The Morgan fingerprint density at radius 2 is 1.26 bits per heavy atom. The van der Waals surface area contributed by atoms with E-state index in [9.17, 15) is 0 Å². The van der Waals surface area contributed by atoms with E-state index in [1.807, 2.05) is 36.7 Å². The predicted octanol–water partition coefficient (Wildman–Crippen LogP) is 8.51. The van der Waals surface area contributed by atoms with Gasteiger partial charge in [-0.25, -0.2) is 9.97 Å². The van der Waals surface area contributed by atoms with Gasteiger partial charge in [0.2, 0.25) is 0 Å². The third kappa shape index (κ3) is 8.09. The van der Waals surface area contributed by atoms with Gasteiger partial charge in [0.15, 0.2) is 5.82 Å². The largest absolute Gasteiger partial charge is 0.494 e. The smallest absolute Gasteiger partial charge is 0.159 e. The van der Waals surface area contributed by atoms with E-state index in [4.69, 9.17) is 9.47 Å². The lowest BCUT2D eigenvalue weighted by Crippen LogP contribution is -2.15. The lowest BCUT2D eigenvalue weighted by molar-refractivity contribution is 0.209. The number of rotatable bonds is 13. The van der Waals surface area contributed by atoms with Crippen molar-refractivity contribution >= 4 is 0 Å². The van der Waals surface area contributed by atoms with Gasteiger partial charge in [-0.15, -0.1) is 0 Å². The molecule has 1 aliphatic carbocycles. The number of aromatic nitrogens is 2. The molecule has 0 N–H and O–H groups in total. The van der Waals surface area contributed by atoms with Crippen LogP contribution in [0.15, 0.2) is 60.9 Å². The molecule has 0 spiro atoms. The van der Waals surface area contributed by atoms with Gasteiger partial charge < -0.3 is 9.47 Å². The summed E-state index contributed by atoms with van der Waals surface area (Å²) in [6.45, 7) is 3.86. The molecule has 0 bridgehead atoms. The van der Waals surface area contributed by atoms with Crippen LogP contribution < -0.4 is 9.47 Å². The molecule has 1 aliphatic rings. The highest BCUT2D eigenvalue weighted by molar-refractivity contribution is 5.64. The molecular formula is C31H40N2O2. The van der Waals surface area contributed by atoms with E-state index in [2.05, 4.69) is 41.2 Å². The molecule has 35 heavy (non-hydrogen) atoms. The average Bonchev–Trinajstić information content (AvgIpc) is 2.93. The molecule has 4 nitrogen and oxygen atoms in total. The highest BCUT2D eigenvalue weighted by atomic mass is 16.5. The maximum atomic E-state index is 6.03. The molecule has 3 aromatic rings. The van der Waals surface area contributed by atoms with Gasteiger partial charge >= 0.3 is 0 Å². The quantitative estimate of drug-likeness (QED) is 0.234. The molecule has 1 aromatic heterocycles. The Labute approximate surface area is 211 Å². The molecule has 186 valence electrons. The summed E-state index contributed by atoms with van der Waals surface area (Å²) in [5.74, 6) is 3.29. The molecule has 0 saturated heterocycles. The lowest BCUT2D eigenvalue weighted by Gasteiger charge is -2.21. The zero-order valence-electron chi connectivity index (χ0n) is 21.3. The summed E-state index contributed by atoms with van der Waals surface area (Å²) >= 11 is 0. The summed E-state index contributed by atoms with van der Waals surface area (Å²) in [4.78, 5) is 9.21. The third-order valence-electron chi connectivity index (χ3n) is 6.93. The maximum absolute atomic E-state index is 6.03. The average molecular weight is 473 g/mol. The van der Waals surface area contributed by atoms with Crippen molar-refractivity contribution in [3.63, 3.8) is 0 Å². The monoisotopic (exact) mass is 472 g/mol. The summed E-state index contributed by atoms with van der Waals surface area (Å²) in [5, 5.41) is 0. The molecule has 0 radical (unpaired) electrons. The van der Waals surface area contributed by atoms with Crippen molar-refractivity contribution in [3.05, 3.63) is 60.9 Å². The van der Waals surface area contributed by atoms with Crippen molar-refractivity contribution < 1.29 is 9.47 Å². The van der Waals surface area contributed by atoms with Crippen LogP contribution in [-0.4, -0.2) is 23.2 Å². The van der Waals surface area contributed by atoms with E-state index in [0.717, 1.165) is 53.6 Å². The fourth-order valence-electron chi connectivity index (χ4n) is 4.71. The van der Waals surface area contributed by atoms with Crippen molar-refractivity contribution in [3.8, 4) is 34.0 Å². The molecule has 1 heterocycles. The van der Waals surface area contributed by atoms with Crippen LogP contribution in [0.4, 0.5) is 0 Å². The first-order valence-electron chi connectivity index (χ1n) is 13.6. The van der Waals surface area contributed by atoms with Crippen LogP contribution in [-0.2, 0) is 0 Å². The highest BCUT2D eigenvalue weighted by Gasteiger charge is 2.14. The fourth-order valence-corrected chi connectivity index (χ4v) is 4.71. The van der Waals surface area contributed by atoms with Crippen LogP contribution in [0.5, 0.6) is 11.5 Å². The molecule has 0 atom stereocenters. The molecule has 1 saturated carbocycles. The Bertz CT molecular complexity index is 978. The van der Waals surface area contributed by atoms with Crippen molar-refractivity contribution in [1.82, 2.24) is 9.97 Å². The summed E-state index contributed by atoms with van der Waals surface area (Å²) in [6, 6.07) is 16.4. The van der Waals surface area contributed by atoms with Gasteiger partial charge in [0.05, 0.1) is 13.2 Å². The summed E-state index contributed by atoms with van der Waals surface area (Å²) in [7, 11) is 0. The van der Waals surface area contributed by atoms with Crippen LogP contribution in [0, 0.1) is 5.92 Å². The molecule has 0 amide bonds. The van der Waals surface area contributed by atoms with E-state index >= 15 is 0 Å². The van der Waals surface area contributed by atoms with Gasteiger partial charge in [0, 0.05) is 23.5 Å². The molecule has 2 aromatic carbocycles. The highest BCUT2D eigenvalue weighted by Crippen LogP contribution is 2.27. The fraction of sp³-hybridized carbons (Fsp3) is 0.484. The topological polar surface area (TPSA) is 44.2 Å². The molecule has 0 aliphatic heterocycles. The Kier molecular flexibility index (Phi) is 9.99. The van der Waals surface area contributed by atoms with E-state index in [0.29, 0.717) is 5.92 Å². The zero-order valence-corrected chi connectivity index (χ0v) is 21.3. The van der Waals surface area contributed by atoms with Crippen LogP contribution >= 0.6 is 0 Å². The summed E-state index contributed by atoms with van der Waals surface area (Å²) in [5.41, 5.74) is 3.10. The van der Waals surface area contributed by atoms with Gasteiger partial charge in [0.25, 0.3) is 0 Å². The molecule has 4 rings (SSSR count). The Balaban J connectivity index is 1.24. The van der Waals surface area contributed by atoms with Crippen LogP contribution in [0.1, 0.15) is 77.6 Å². The third-order valence-corrected chi connectivity index (χ3v) is 6.93. The van der Waals surface area contributed by atoms with Crippen molar-refractivity contribution in [1.29, 1.82) is 0 Å². The van der Waals surface area contributed by atoms with Gasteiger partial charge in [-0.1, -0.05) is 70.4 Å². The van der Waals surface area contributed by atoms with Crippen LogP contribution in [0.3, 0.4) is 0 Å². The number of unbranched alkanes of at least 4 members (excludes halogenated alkanes) is 5. The minimum absolute atomic E-state index is 0.713.